The van der Waals surface area contributed by atoms with Gasteiger partial charge in [-0.25, -0.2) is 0 Å². The number of rotatable bonds is 3. The molecule has 0 fully saturated rings. The van der Waals surface area contributed by atoms with E-state index in [9.17, 15) is 0 Å². The van der Waals surface area contributed by atoms with Gasteiger partial charge in [0.2, 0.25) is 0 Å². The van der Waals surface area contributed by atoms with E-state index >= 15 is 0 Å². The first-order valence-electron chi connectivity index (χ1n) is 5.36. The molecule has 1 rings (SSSR count). The number of nitrogens with zero attached hydrogens (tertiary/aromatic N) is 1. The lowest BCUT2D eigenvalue weighted by Crippen LogP contribution is -1.93. The number of benzene rings is 1. The predicted molar refractivity (Wildman–Crippen MR) is 66.2 cm³/mol. The van der Waals surface area contributed by atoms with E-state index in [1.807, 2.05) is 19.9 Å². The van der Waals surface area contributed by atoms with Gasteiger partial charge in [0.25, 0.3) is 0 Å². The first-order chi connectivity index (χ1) is 7.33. The van der Waals surface area contributed by atoms with Crippen LogP contribution in [0.3, 0.4) is 0 Å². The van der Waals surface area contributed by atoms with E-state index in [-0.39, 0.29) is 0 Å². The summed E-state index contributed by atoms with van der Waals surface area (Å²) in [6, 6.07) is 10.4. The van der Waals surface area contributed by atoms with Crippen molar-refractivity contribution in [2.75, 3.05) is 6.54 Å². The van der Waals surface area contributed by atoms with Gasteiger partial charge < -0.3 is 0 Å². The van der Waals surface area contributed by atoms with E-state index in [4.69, 9.17) is 0 Å². The number of hydrogen-bond acceptors (Lipinski definition) is 1. The fraction of sp³-hybridized carbons (Fsp3) is 0.357. The molecule has 0 aliphatic carbocycles. The van der Waals surface area contributed by atoms with Crippen LogP contribution in [0.1, 0.15) is 25.8 Å². The molecule has 0 bridgehead atoms. The second-order valence-corrected chi connectivity index (χ2v) is 3.36. The van der Waals surface area contributed by atoms with Crippen molar-refractivity contribution in [1.82, 2.24) is 0 Å². The van der Waals surface area contributed by atoms with Gasteiger partial charge in [-0.15, -0.1) is 0 Å². The summed E-state index contributed by atoms with van der Waals surface area (Å²) in [7, 11) is 0. The zero-order chi connectivity index (χ0) is 10.9. The molecule has 15 heavy (non-hydrogen) atoms. The first kappa shape index (κ1) is 11.5. The van der Waals surface area contributed by atoms with Crippen LogP contribution in [0.25, 0.3) is 0 Å². The van der Waals surface area contributed by atoms with Gasteiger partial charge in [-0.3, -0.25) is 4.99 Å². The van der Waals surface area contributed by atoms with Gasteiger partial charge in [0, 0.05) is 13.0 Å². The summed E-state index contributed by atoms with van der Waals surface area (Å²) < 4.78 is 0. The standard InChI is InChI=1S/C14H17N/c1-3-4-8-13(2)15-12-11-14-9-6-5-7-10-14/h5-7,9-10H,3,11-12H2,1-2H3. The molecule has 1 aromatic rings. The van der Waals surface area contributed by atoms with Gasteiger partial charge in [0.15, 0.2) is 0 Å². The minimum Gasteiger partial charge on any atom is -0.281 e. The van der Waals surface area contributed by atoms with Crippen LogP contribution in [0.2, 0.25) is 0 Å². The lowest BCUT2D eigenvalue weighted by molar-refractivity contribution is 0.969. The summed E-state index contributed by atoms with van der Waals surface area (Å²) in [5, 5.41) is 0. The van der Waals surface area contributed by atoms with Crippen LogP contribution in [0.4, 0.5) is 0 Å². The van der Waals surface area contributed by atoms with Crippen molar-refractivity contribution < 1.29 is 0 Å². The minimum atomic E-state index is 0.828. The van der Waals surface area contributed by atoms with Gasteiger partial charge in [0.1, 0.15) is 0 Å². The Labute approximate surface area is 92.2 Å². The maximum atomic E-state index is 4.40. The molecule has 0 aliphatic heterocycles. The van der Waals surface area contributed by atoms with E-state index in [0.717, 1.165) is 25.1 Å². The molecule has 0 saturated carbocycles. The Balaban J connectivity index is 2.39. The Morgan fingerprint density at radius 1 is 1.27 bits per heavy atom. The van der Waals surface area contributed by atoms with Crippen molar-refractivity contribution in [3.63, 3.8) is 0 Å². The Bertz CT molecular complexity index is 365. The third kappa shape index (κ3) is 5.02. The summed E-state index contributed by atoms with van der Waals surface area (Å²) in [6.07, 6.45) is 1.89. The van der Waals surface area contributed by atoms with E-state index in [2.05, 4.69) is 41.1 Å². The van der Waals surface area contributed by atoms with Crippen LogP contribution in [0, 0.1) is 11.8 Å². The largest absolute Gasteiger partial charge is 0.281 e. The molecule has 1 nitrogen and oxygen atoms in total. The number of aliphatic imine (C=N–C) groups is 1. The van der Waals surface area contributed by atoms with Crippen molar-refractivity contribution in [3.8, 4) is 11.8 Å². The van der Waals surface area contributed by atoms with Crippen molar-refractivity contribution in [2.24, 2.45) is 4.99 Å². The summed E-state index contributed by atoms with van der Waals surface area (Å²) in [6.45, 7) is 4.84. The van der Waals surface area contributed by atoms with Crippen molar-refractivity contribution in [3.05, 3.63) is 35.9 Å². The van der Waals surface area contributed by atoms with E-state index in [1.54, 1.807) is 0 Å². The van der Waals surface area contributed by atoms with Crippen LogP contribution >= 0.6 is 0 Å². The summed E-state index contributed by atoms with van der Waals surface area (Å²) >= 11 is 0. The molecule has 0 heterocycles. The van der Waals surface area contributed by atoms with Crippen LogP contribution in [-0.2, 0) is 6.42 Å². The second-order valence-electron chi connectivity index (χ2n) is 3.36. The van der Waals surface area contributed by atoms with Gasteiger partial charge in [-0.05, 0) is 18.9 Å². The quantitative estimate of drug-likeness (QED) is 0.524. The van der Waals surface area contributed by atoms with Crippen LogP contribution in [-0.4, -0.2) is 12.3 Å². The van der Waals surface area contributed by atoms with Crippen LogP contribution in [0.5, 0.6) is 0 Å². The predicted octanol–water partition coefficient (Wildman–Crippen LogP) is 3.10. The molecule has 1 heteroatoms. The van der Waals surface area contributed by atoms with Gasteiger partial charge in [-0.1, -0.05) is 49.1 Å². The van der Waals surface area contributed by atoms with Gasteiger partial charge in [0.05, 0.1) is 5.71 Å². The molecular weight excluding hydrogens is 182 g/mol. The Morgan fingerprint density at radius 2 is 2.00 bits per heavy atom. The molecule has 0 amide bonds. The summed E-state index contributed by atoms with van der Waals surface area (Å²) in [4.78, 5) is 4.40. The normalized spacial score (nSPS) is 10.7. The van der Waals surface area contributed by atoms with Crippen LogP contribution < -0.4 is 0 Å². The monoisotopic (exact) mass is 199 g/mol. The molecule has 0 atom stereocenters. The van der Waals surface area contributed by atoms with E-state index in [0.29, 0.717) is 0 Å². The smallest absolute Gasteiger partial charge is 0.0813 e. The molecule has 78 valence electrons. The second kappa shape index (κ2) is 6.84. The topological polar surface area (TPSA) is 12.4 Å². The van der Waals surface area contributed by atoms with Crippen molar-refractivity contribution in [2.45, 2.75) is 26.7 Å². The SMILES string of the molecule is CCC#CC(C)=NCCc1ccccc1. The van der Waals surface area contributed by atoms with Gasteiger partial charge in [-0.2, -0.15) is 0 Å². The lowest BCUT2D eigenvalue weighted by Gasteiger charge is -1.96. The van der Waals surface area contributed by atoms with Gasteiger partial charge >= 0.3 is 0 Å². The molecule has 1 aromatic carbocycles. The van der Waals surface area contributed by atoms with E-state index < -0.39 is 0 Å². The molecule has 0 N–H and O–H groups in total. The average Bonchev–Trinajstić information content (AvgIpc) is 2.28. The highest BCUT2D eigenvalue weighted by Crippen LogP contribution is 1.99. The summed E-state index contributed by atoms with van der Waals surface area (Å²) in [5.41, 5.74) is 2.27. The van der Waals surface area contributed by atoms with Crippen LogP contribution in [0.15, 0.2) is 35.3 Å². The molecule has 0 aliphatic rings. The molecule has 0 saturated heterocycles. The average molecular weight is 199 g/mol. The minimum absolute atomic E-state index is 0.828. The molecular formula is C14H17N. The third-order valence-corrected chi connectivity index (χ3v) is 2.04. The highest BCUT2D eigenvalue weighted by molar-refractivity contribution is 5.98. The Morgan fingerprint density at radius 3 is 2.67 bits per heavy atom. The number of hydrogen-bond donors (Lipinski definition) is 0. The fourth-order valence-electron chi connectivity index (χ4n) is 1.25. The maximum absolute atomic E-state index is 4.40. The lowest BCUT2D eigenvalue weighted by atomic mass is 10.1. The maximum Gasteiger partial charge on any atom is 0.0813 e. The molecule has 0 unspecified atom stereocenters. The van der Waals surface area contributed by atoms with Crippen molar-refractivity contribution in [1.29, 1.82) is 0 Å². The highest BCUT2D eigenvalue weighted by atomic mass is 14.7. The fourth-order valence-corrected chi connectivity index (χ4v) is 1.25. The Kier molecular flexibility index (Phi) is 5.25. The third-order valence-electron chi connectivity index (χ3n) is 2.04. The first-order valence-corrected chi connectivity index (χ1v) is 5.36. The van der Waals surface area contributed by atoms with E-state index in [1.165, 1.54) is 5.56 Å². The van der Waals surface area contributed by atoms with Crippen molar-refractivity contribution >= 4 is 5.71 Å². The molecule has 0 aromatic heterocycles. The Hall–Kier alpha value is -1.55. The molecule has 0 radical (unpaired) electrons. The molecule has 0 spiro atoms. The zero-order valence-electron chi connectivity index (χ0n) is 9.46. The zero-order valence-corrected chi connectivity index (χ0v) is 9.46. The highest BCUT2D eigenvalue weighted by Gasteiger charge is 1.89. The summed E-state index contributed by atoms with van der Waals surface area (Å²) in [5.74, 6) is 6.03.